The third kappa shape index (κ3) is 2.20. The fourth-order valence-electron chi connectivity index (χ4n) is 2.05. The number of aromatic carboxylic acids is 1. The molecule has 19 heavy (non-hydrogen) atoms. The maximum Gasteiger partial charge on any atom is 0.337 e. The molecule has 1 N–H and O–H groups in total. The lowest BCUT2D eigenvalue weighted by Gasteiger charge is -2.12. The van der Waals surface area contributed by atoms with Crippen LogP contribution in [0.3, 0.4) is 0 Å². The van der Waals surface area contributed by atoms with Crippen molar-refractivity contribution in [2.24, 2.45) is 0 Å². The van der Waals surface area contributed by atoms with E-state index in [-0.39, 0.29) is 11.3 Å². The number of benzene rings is 1. The normalized spacial score (nSPS) is 10.4. The Kier molecular flexibility index (Phi) is 3.08. The second kappa shape index (κ2) is 4.56. The van der Waals surface area contributed by atoms with Gasteiger partial charge in [-0.2, -0.15) is 0 Å². The van der Waals surface area contributed by atoms with Crippen molar-refractivity contribution in [1.29, 1.82) is 0 Å². The quantitative estimate of drug-likeness (QED) is 0.679. The summed E-state index contributed by atoms with van der Waals surface area (Å²) in [6.45, 7) is 3.63. The van der Waals surface area contributed by atoms with Crippen LogP contribution in [0.1, 0.15) is 21.7 Å². The highest BCUT2D eigenvalue weighted by atomic mass is 16.6. The van der Waals surface area contributed by atoms with Crippen molar-refractivity contribution < 1.29 is 14.8 Å². The smallest absolute Gasteiger partial charge is 0.337 e. The van der Waals surface area contributed by atoms with Gasteiger partial charge in [0.05, 0.1) is 16.2 Å². The van der Waals surface area contributed by atoms with Gasteiger partial charge in [0.2, 0.25) is 0 Å². The SMILES string of the molecule is Cc1ccc(C)n1-c1cc([N+](=O)[O-])ccc1C(=O)O. The molecule has 6 heteroatoms. The van der Waals surface area contributed by atoms with Crippen LogP contribution in [0, 0.1) is 24.0 Å². The largest absolute Gasteiger partial charge is 0.478 e. The summed E-state index contributed by atoms with van der Waals surface area (Å²) >= 11 is 0. The molecule has 0 bridgehead atoms. The molecule has 0 radical (unpaired) electrons. The van der Waals surface area contributed by atoms with Crippen molar-refractivity contribution in [1.82, 2.24) is 4.57 Å². The molecule has 0 saturated heterocycles. The number of nitrogens with zero attached hydrogens (tertiary/aromatic N) is 2. The Balaban J connectivity index is 2.75. The zero-order chi connectivity index (χ0) is 14.2. The molecule has 0 saturated carbocycles. The fraction of sp³-hybridized carbons (Fsp3) is 0.154. The van der Waals surface area contributed by atoms with E-state index in [4.69, 9.17) is 0 Å². The molecule has 1 heterocycles. The van der Waals surface area contributed by atoms with Crippen LogP contribution in [0.2, 0.25) is 0 Å². The first-order valence-corrected chi connectivity index (χ1v) is 5.59. The summed E-state index contributed by atoms with van der Waals surface area (Å²) in [5.41, 5.74) is 1.85. The van der Waals surface area contributed by atoms with Crippen LogP contribution in [-0.2, 0) is 0 Å². The summed E-state index contributed by atoms with van der Waals surface area (Å²) in [5.74, 6) is -1.11. The van der Waals surface area contributed by atoms with E-state index in [1.54, 1.807) is 4.57 Å². The highest BCUT2D eigenvalue weighted by molar-refractivity contribution is 5.92. The molecule has 0 spiro atoms. The van der Waals surface area contributed by atoms with Crippen molar-refractivity contribution in [3.63, 3.8) is 0 Å². The van der Waals surface area contributed by atoms with Crippen LogP contribution in [0.5, 0.6) is 0 Å². The van der Waals surface area contributed by atoms with Gasteiger partial charge >= 0.3 is 5.97 Å². The van der Waals surface area contributed by atoms with Gasteiger partial charge < -0.3 is 9.67 Å². The van der Waals surface area contributed by atoms with Gasteiger partial charge in [0, 0.05) is 23.5 Å². The molecule has 0 amide bonds. The molecule has 0 aliphatic heterocycles. The predicted octanol–water partition coefficient (Wildman–Crippen LogP) is 2.70. The van der Waals surface area contributed by atoms with Crippen molar-refractivity contribution in [2.45, 2.75) is 13.8 Å². The monoisotopic (exact) mass is 260 g/mol. The van der Waals surface area contributed by atoms with Gasteiger partial charge in [0.25, 0.3) is 5.69 Å². The number of rotatable bonds is 3. The third-order valence-electron chi connectivity index (χ3n) is 2.93. The van der Waals surface area contributed by atoms with E-state index in [0.29, 0.717) is 5.69 Å². The molecule has 2 aromatic rings. The molecule has 0 aliphatic carbocycles. The van der Waals surface area contributed by atoms with Gasteiger partial charge in [-0.3, -0.25) is 10.1 Å². The van der Waals surface area contributed by atoms with Gasteiger partial charge in [-0.25, -0.2) is 4.79 Å². The number of hydrogen-bond acceptors (Lipinski definition) is 3. The average Bonchev–Trinajstić information content (AvgIpc) is 2.68. The summed E-state index contributed by atoms with van der Waals surface area (Å²) in [5, 5.41) is 20.0. The summed E-state index contributed by atoms with van der Waals surface area (Å²) in [6, 6.07) is 7.40. The topological polar surface area (TPSA) is 85.4 Å². The standard InChI is InChI=1S/C13H12N2O4/c1-8-3-4-9(2)14(8)12-7-10(15(18)19)5-6-11(12)13(16)17/h3-7H,1-2H3,(H,16,17). The van der Waals surface area contributed by atoms with Crippen LogP contribution in [0.15, 0.2) is 30.3 Å². The van der Waals surface area contributed by atoms with Crippen LogP contribution < -0.4 is 0 Å². The number of aryl methyl sites for hydroxylation is 2. The first-order valence-electron chi connectivity index (χ1n) is 5.59. The minimum atomic E-state index is -1.11. The molecule has 1 aromatic carbocycles. The number of nitro groups is 1. The lowest BCUT2D eigenvalue weighted by Crippen LogP contribution is -2.08. The number of carboxylic acid groups (broad SMARTS) is 1. The molecule has 0 unspecified atom stereocenters. The van der Waals surface area contributed by atoms with Gasteiger partial charge in [-0.05, 0) is 32.0 Å². The van der Waals surface area contributed by atoms with E-state index in [0.717, 1.165) is 11.4 Å². The number of hydrogen-bond donors (Lipinski definition) is 1. The van der Waals surface area contributed by atoms with E-state index in [1.807, 2.05) is 26.0 Å². The Morgan fingerprint density at radius 3 is 2.26 bits per heavy atom. The second-order valence-corrected chi connectivity index (χ2v) is 4.22. The van der Waals surface area contributed by atoms with E-state index < -0.39 is 10.9 Å². The molecular formula is C13H12N2O4. The van der Waals surface area contributed by atoms with E-state index in [2.05, 4.69) is 0 Å². The van der Waals surface area contributed by atoms with Gasteiger partial charge in [0.1, 0.15) is 0 Å². The summed E-state index contributed by atoms with van der Waals surface area (Å²) in [4.78, 5) is 21.5. The lowest BCUT2D eigenvalue weighted by molar-refractivity contribution is -0.384. The summed E-state index contributed by atoms with van der Waals surface area (Å²) in [6.07, 6.45) is 0. The maximum atomic E-state index is 11.2. The average molecular weight is 260 g/mol. The Morgan fingerprint density at radius 1 is 1.21 bits per heavy atom. The second-order valence-electron chi connectivity index (χ2n) is 4.22. The van der Waals surface area contributed by atoms with Crippen LogP contribution in [-0.4, -0.2) is 20.6 Å². The molecule has 6 nitrogen and oxygen atoms in total. The maximum absolute atomic E-state index is 11.2. The third-order valence-corrected chi connectivity index (χ3v) is 2.93. The minimum absolute atomic E-state index is 0.0352. The van der Waals surface area contributed by atoms with Crippen LogP contribution in [0.25, 0.3) is 5.69 Å². The molecule has 2 rings (SSSR count). The summed E-state index contributed by atoms with van der Waals surface area (Å²) in [7, 11) is 0. The number of nitro benzene ring substituents is 1. The number of carbonyl (C=O) groups is 1. The van der Waals surface area contributed by atoms with Crippen molar-refractivity contribution in [2.75, 3.05) is 0 Å². The minimum Gasteiger partial charge on any atom is -0.478 e. The molecule has 98 valence electrons. The van der Waals surface area contributed by atoms with Crippen LogP contribution >= 0.6 is 0 Å². The molecular weight excluding hydrogens is 248 g/mol. The van der Waals surface area contributed by atoms with Gasteiger partial charge in [-0.1, -0.05) is 0 Å². The van der Waals surface area contributed by atoms with E-state index in [1.165, 1.54) is 18.2 Å². The zero-order valence-corrected chi connectivity index (χ0v) is 10.5. The Hall–Kier alpha value is -2.63. The molecule has 1 aromatic heterocycles. The van der Waals surface area contributed by atoms with Crippen LogP contribution in [0.4, 0.5) is 5.69 Å². The van der Waals surface area contributed by atoms with Gasteiger partial charge in [0.15, 0.2) is 0 Å². The molecule has 0 atom stereocenters. The summed E-state index contributed by atoms with van der Waals surface area (Å²) < 4.78 is 1.69. The van der Waals surface area contributed by atoms with Crippen molar-refractivity contribution in [3.05, 3.63) is 57.4 Å². The lowest BCUT2D eigenvalue weighted by atomic mass is 10.1. The highest BCUT2D eigenvalue weighted by Gasteiger charge is 2.18. The number of non-ortho nitro benzene ring substituents is 1. The van der Waals surface area contributed by atoms with Gasteiger partial charge in [-0.15, -0.1) is 0 Å². The number of aromatic nitrogens is 1. The van der Waals surface area contributed by atoms with E-state index >= 15 is 0 Å². The fourth-order valence-corrected chi connectivity index (χ4v) is 2.05. The predicted molar refractivity (Wildman–Crippen MR) is 68.9 cm³/mol. The molecule has 0 aliphatic rings. The Morgan fingerprint density at radius 2 is 1.79 bits per heavy atom. The zero-order valence-electron chi connectivity index (χ0n) is 10.5. The van der Waals surface area contributed by atoms with Crippen molar-refractivity contribution in [3.8, 4) is 5.69 Å². The van der Waals surface area contributed by atoms with Crippen molar-refractivity contribution >= 4 is 11.7 Å². The first-order chi connectivity index (χ1) is 8.91. The number of carboxylic acids is 1. The Labute approximate surface area is 109 Å². The highest BCUT2D eigenvalue weighted by Crippen LogP contribution is 2.25. The molecule has 0 fully saturated rings. The first kappa shape index (κ1) is 12.8. The van der Waals surface area contributed by atoms with E-state index in [9.17, 15) is 20.0 Å². The Bertz CT molecular complexity index is 654.